The molecule has 0 N–H and O–H groups in total. The molecule has 2 aromatic carbocycles. The second-order valence-corrected chi connectivity index (χ2v) is 6.28. The molecule has 0 aromatic heterocycles. The summed E-state index contributed by atoms with van der Waals surface area (Å²) in [5, 5.41) is 5.62. The van der Waals surface area contributed by atoms with Gasteiger partial charge in [0.25, 0.3) is 0 Å². The molecule has 1 amide bonds. The SMILES string of the molecule is O=C1OC(CCCCOCc2ccccc2)CN1N=Cc1ccccc1. The fourth-order valence-corrected chi connectivity index (χ4v) is 2.77. The molecule has 1 aliphatic heterocycles. The van der Waals surface area contributed by atoms with E-state index in [2.05, 4.69) is 17.2 Å². The Balaban J connectivity index is 1.31. The number of hydrogen-bond donors (Lipinski definition) is 0. The van der Waals surface area contributed by atoms with Gasteiger partial charge in [-0.3, -0.25) is 0 Å². The number of unbranched alkanes of at least 4 members (excludes halogenated alkanes) is 1. The molecule has 0 spiro atoms. The molecule has 136 valence electrons. The number of benzene rings is 2. The maximum absolute atomic E-state index is 11.9. The van der Waals surface area contributed by atoms with Gasteiger partial charge >= 0.3 is 6.09 Å². The van der Waals surface area contributed by atoms with Gasteiger partial charge in [-0.15, -0.1) is 0 Å². The smallest absolute Gasteiger partial charge is 0.430 e. The van der Waals surface area contributed by atoms with Gasteiger partial charge in [-0.05, 0) is 30.4 Å². The Bertz CT molecular complexity index is 704. The average molecular weight is 352 g/mol. The monoisotopic (exact) mass is 352 g/mol. The van der Waals surface area contributed by atoms with E-state index in [1.165, 1.54) is 10.6 Å². The predicted molar refractivity (Wildman–Crippen MR) is 101 cm³/mol. The number of amides is 1. The number of carbonyl (C=O) groups is 1. The molecule has 1 aliphatic rings. The molecule has 1 saturated heterocycles. The third-order valence-corrected chi connectivity index (χ3v) is 4.18. The predicted octanol–water partition coefficient (Wildman–Crippen LogP) is 4.23. The fourth-order valence-electron chi connectivity index (χ4n) is 2.77. The third-order valence-electron chi connectivity index (χ3n) is 4.18. The Labute approximate surface area is 154 Å². The van der Waals surface area contributed by atoms with Crippen molar-refractivity contribution in [2.45, 2.75) is 32.0 Å². The number of ether oxygens (including phenoxy) is 2. The summed E-state index contributed by atoms with van der Waals surface area (Å²) in [4.78, 5) is 11.9. The van der Waals surface area contributed by atoms with Crippen molar-refractivity contribution in [3.63, 3.8) is 0 Å². The minimum Gasteiger partial charge on any atom is -0.443 e. The molecule has 2 aromatic rings. The van der Waals surface area contributed by atoms with Crippen LogP contribution in [0, 0.1) is 0 Å². The van der Waals surface area contributed by atoms with E-state index in [0.29, 0.717) is 19.8 Å². The summed E-state index contributed by atoms with van der Waals surface area (Å²) in [7, 11) is 0. The van der Waals surface area contributed by atoms with Crippen LogP contribution in [0.4, 0.5) is 4.79 Å². The number of hydrazone groups is 1. The molecule has 0 bridgehead atoms. The highest BCUT2D eigenvalue weighted by Gasteiger charge is 2.30. The lowest BCUT2D eigenvalue weighted by atomic mass is 10.1. The molecule has 0 aliphatic carbocycles. The van der Waals surface area contributed by atoms with Gasteiger partial charge in [-0.25, -0.2) is 4.79 Å². The van der Waals surface area contributed by atoms with E-state index in [0.717, 1.165) is 24.8 Å². The van der Waals surface area contributed by atoms with Crippen LogP contribution in [0.15, 0.2) is 65.8 Å². The highest BCUT2D eigenvalue weighted by Crippen LogP contribution is 2.17. The Kier molecular flexibility index (Phi) is 6.79. The van der Waals surface area contributed by atoms with Crippen LogP contribution in [0.25, 0.3) is 0 Å². The molecule has 1 atom stereocenters. The lowest BCUT2D eigenvalue weighted by Gasteiger charge is -2.08. The van der Waals surface area contributed by atoms with E-state index in [9.17, 15) is 4.79 Å². The zero-order chi connectivity index (χ0) is 18.0. The van der Waals surface area contributed by atoms with Crippen LogP contribution in [-0.4, -0.2) is 36.6 Å². The summed E-state index contributed by atoms with van der Waals surface area (Å²) >= 11 is 0. The molecule has 1 heterocycles. The van der Waals surface area contributed by atoms with E-state index in [1.807, 2.05) is 48.5 Å². The van der Waals surface area contributed by atoms with E-state index in [1.54, 1.807) is 6.21 Å². The Morgan fingerprint density at radius 1 is 1.08 bits per heavy atom. The molecular weight excluding hydrogens is 328 g/mol. The molecule has 5 heteroatoms. The van der Waals surface area contributed by atoms with Gasteiger partial charge in [-0.2, -0.15) is 10.1 Å². The van der Waals surface area contributed by atoms with Crippen LogP contribution in [-0.2, 0) is 16.1 Å². The van der Waals surface area contributed by atoms with Crippen LogP contribution in [0.1, 0.15) is 30.4 Å². The van der Waals surface area contributed by atoms with Crippen LogP contribution < -0.4 is 0 Å². The average Bonchev–Trinajstić information content (AvgIpc) is 3.04. The lowest BCUT2D eigenvalue weighted by molar-refractivity contribution is 0.108. The maximum atomic E-state index is 11.9. The van der Waals surface area contributed by atoms with Crippen molar-refractivity contribution in [3.8, 4) is 0 Å². The first-order valence-corrected chi connectivity index (χ1v) is 9.00. The number of carbonyl (C=O) groups excluding carboxylic acids is 1. The first-order chi connectivity index (χ1) is 12.8. The summed E-state index contributed by atoms with van der Waals surface area (Å²) < 4.78 is 11.0. The molecule has 3 rings (SSSR count). The van der Waals surface area contributed by atoms with E-state index < -0.39 is 0 Å². The molecule has 5 nitrogen and oxygen atoms in total. The van der Waals surface area contributed by atoms with Crippen molar-refractivity contribution in [1.29, 1.82) is 0 Å². The highest BCUT2D eigenvalue weighted by molar-refractivity contribution is 5.81. The van der Waals surface area contributed by atoms with Crippen LogP contribution in [0.2, 0.25) is 0 Å². The van der Waals surface area contributed by atoms with Crippen molar-refractivity contribution >= 4 is 12.3 Å². The minimum atomic E-state index is -0.373. The number of nitrogens with zero attached hydrogens (tertiary/aromatic N) is 2. The van der Waals surface area contributed by atoms with Gasteiger partial charge in [0.1, 0.15) is 6.10 Å². The molecular formula is C21H24N2O3. The van der Waals surface area contributed by atoms with E-state index >= 15 is 0 Å². The number of rotatable bonds is 9. The molecule has 1 unspecified atom stereocenters. The molecule has 26 heavy (non-hydrogen) atoms. The van der Waals surface area contributed by atoms with Crippen molar-refractivity contribution in [2.24, 2.45) is 5.10 Å². The quantitative estimate of drug-likeness (QED) is 0.501. The molecule has 0 radical (unpaired) electrons. The Morgan fingerprint density at radius 2 is 1.81 bits per heavy atom. The summed E-state index contributed by atoms with van der Waals surface area (Å²) in [5.41, 5.74) is 2.14. The van der Waals surface area contributed by atoms with Crippen molar-refractivity contribution in [2.75, 3.05) is 13.2 Å². The van der Waals surface area contributed by atoms with Crippen LogP contribution in [0.3, 0.4) is 0 Å². The summed E-state index contributed by atoms with van der Waals surface area (Å²) in [6.45, 7) is 1.86. The van der Waals surface area contributed by atoms with Gasteiger partial charge < -0.3 is 9.47 Å². The normalized spacial score (nSPS) is 17.0. The summed E-state index contributed by atoms with van der Waals surface area (Å²) in [5.74, 6) is 0. The van der Waals surface area contributed by atoms with Gasteiger partial charge in [0.2, 0.25) is 0 Å². The van der Waals surface area contributed by atoms with E-state index in [-0.39, 0.29) is 12.2 Å². The van der Waals surface area contributed by atoms with Crippen molar-refractivity contribution < 1.29 is 14.3 Å². The standard InChI is InChI=1S/C21H24N2O3/c24-21-23(22-15-18-9-3-1-4-10-18)16-20(26-21)13-7-8-14-25-17-19-11-5-2-6-12-19/h1-6,9-12,15,20H,7-8,13-14,16-17H2. The van der Waals surface area contributed by atoms with E-state index in [4.69, 9.17) is 9.47 Å². The topological polar surface area (TPSA) is 51.1 Å². The van der Waals surface area contributed by atoms with Crippen LogP contribution >= 0.6 is 0 Å². The number of hydrogen-bond acceptors (Lipinski definition) is 4. The zero-order valence-corrected chi connectivity index (χ0v) is 14.8. The molecule has 1 fully saturated rings. The van der Waals surface area contributed by atoms with Gasteiger partial charge in [-0.1, -0.05) is 60.7 Å². The van der Waals surface area contributed by atoms with Gasteiger partial charge in [0, 0.05) is 6.61 Å². The fraction of sp³-hybridized carbons (Fsp3) is 0.333. The number of cyclic esters (lactones) is 1. The van der Waals surface area contributed by atoms with Crippen molar-refractivity contribution in [3.05, 3.63) is 71.8 Å². The third kappa shape index (κ3) is 5.70. The Hall–Kier alpha value is -2.66. The largest absolute Gasteiger partial charge is 0.443 e. The second kappa shape index (κ2) is 9.73. The lowest BCUT2D eigenvalue weighted by Crippen LogP contribution is -2.19. The van der Waals surface area contributed by atoms with Crippen LogP contribution in [0.5, 0.6) is 0 Å². The first kappa shape index (κ1) is 18.1. The van der Waals surface area contributed by atoms with Gasteiger partial charge in [0.15, 0.2) is 0 Å². The summed E-state index contributed by atoms with van der Waals surface area (Å²) in [6.07, 6.45) is 3.96. The minimum absolute atomic E-state index is 0.0930. The second-order valence-electron chi connectivity index (χ2n) is 6.28. The first-order valence-electron chi connectivity index (χ1n) is 9.00. The zero-order valence-electron chi connectivity index (χ0n) is 14.8. The van der Waals surface area contributed by atoms with Gasteiger partial charge in [0.05, 0.1) is 19.4 Å². The van der Waals surface area contributed by atoms with Crippen molar-refractivity contribution in [1.82, 2.24) is 5.01 Å². The highest BCUT2D eigenvalue weighted by atomic mass is 16.6. The maximum Gasteiger partial charge on any atom is 0.430 e. The summed E-state index contributed by atoms with van der Waals surface area (Å²) in [6, 6.07) is 19.8. The molecule has 0 saturated carbocycles. The Morgan fingerprint density at radius 3 is 2.58 bits per heavy atom.